The molecule has 0 aromatic rings. The zero-order valence-electron chi connectivity index (χ0n) is 16.8. The van der Waals surface area contributed by atoms with Crippen molar-refractivity contribution < 1.29 is 0 Å². The number of nitrogens with zero attached hydrogens (tertiary/aromatic N) is 1. The van der Waals surface area contributed by atoms with Crippen LogP contribution in [0.5, 0.6) is 0 Å². The molecule has 0 heterocycles. The Balaban J connectivity index is 3.07. The predicted molar refractivity (Wildman–Crippen MR) is 109 cm³/mol. The molecule has 2 heteroatoms. The molecule has 0 spiro atoms. The third-order valence-corrected chi connectivity index (χ3v) is 23.3. The van der Waals surface area contributed by atoms with Gasteiger partial charge in [-0.15, -0.1) is 0 Å². The number of hydrogen-bond acceptors (Lipinski definition) is 1. The first-order chi connectivity index (χ1) is 11.1. The van der Waals surface area contributed by atoms with E-state index in [0.717, 1.165) is 9.98 Å². The average molecular weight is 428 g/mol. The van der Waals surface area contributed by atoms with Crippen LogP contribution in [0.4, 0.5) is 0 Å². The summed E-state index contributed by atoms with van der Waals surface area (Å²) in [5.41, 5.74) is 1.59. The van der Waals surface area contributed by atoms with Gasteiger partial charge in [0.25, 0.3) is 0 Å². The maximum absolute atomic E-state index is 5.52. The summed E-state index contributed by atoms with van der Waals surface area (Å²) in [7, 11) is 0. The summed E-state index contributed by atoms with van der Waals surface area (Å²) in [5.74, 6) is 0.768. The van der Waals surface area contributed by atoms with Crippen molar-refractivity contribution in [3.63, 3.8) is 0 Å². The van der Waals surface area contributed by atoms with Crippen LogP contribution in [0, 0.1) is 5.92 Å². The van der Waals surface area contributed by atoms with Crippen LogP contribution in [0.2, 0.25) is 13.3 Å². The molecule has 0 saturated heterocycles. The molecule has 0 aromatic carbocycles. The van der Waals surface area contributed by atoms with Crippen molar-refractivity contribution >= 4 is 24.1 Å². The number of hydrogen-bond donors (Lipinski definition) is 0. The Bertz CT molecular complexity index is 305. The van der Waals surface area contributed by atoms with Crippen LogP contribution in [0.1, 0.15) is 98.8 Å². The molecule has 136 valence electrons. The van der Waals surface area contributed by atoms with Gasteiger partial charge in [0.05, 0.1) is 0 Å². The van der Waals surface area contributed by atoms with Crippen molar-refractivity contribution in [2.75, 3.05) is 0 Å². The van der Waals surface area contributed by atoms with Gasteiger partial charge in [-0.25, -0.2) is 0 Å². The summed E-state index contributed by atoms with van der Waals surface area (Å²) in [6.45, 7) is 12.1. The van der Waals surface area contributed by atoms with E-state index in [4.69, 9.17) is 4.99 Å². The van der Waals surface area contributed by atoms with Crippen LogP contribution in [-0.2, 0) is 0 Å². The van der Waals surface area contributed by atoms with Crippen LogP contribution < -0.4 is 0 Å². The van der Waals surface area contributed by atoms with Crippen molar-refractivity contribution in [2.24, 2.45) is 10.9 Å². The summed E-state index contributed by atoms with van der Waals surface area (Å²) in [4.78, 5) is 5.52. The van der Waals surface area contributed by atoms with E-state index in [2.05, 4.69) is 34.6 Å². The van der Waals surface area contributed by atoms with E-state index < -0.39 is 18.4 Å². The van der Waals surface area contributed by atoms with Gasteiger partial charge < -0.3 is 0 Å². The van der Waals surface area contributed by atoms with Crippen LogP contribution >= 0.6 is 0 Å². The molecule has 1 nitrogen and oxygen atoms in total. The van der Waals surface area contributed by atoms with E-state index in [1.165, 1.54) is 64.2 Å². The van der Waals surface area contributed by atoms with Gasteiger partial charge in [0.15, 0.2) is 0 Å². The van der Waals surface area contributed by atoms with Crippen molar-refractivity contribution in [1.29, 1.82) is 0 Å². The molecule has 0 aliphatic heterocycles. The fourth-order valence-electron chi connectivity index (χ4n) is 4.51. The summed E-state index contributed by atoms with van der Waals surface area (Å²) < 4.78 is 5.57. The van der Waals surface area contributed by atoms with Crippen molar-refractivity contribution in [3.8, 4) is 0 Å². The fourth-order valence-corrected chi connectivity index (χ4v) is 23.6. The van der Waals surface area contributed by atoms with E-state index in [0.29, 0.717) is 0 Å². The molecule has 23 heavy (non-hydrogen) atoms. The maximum atomic E-state index is 5.52. The summed E-state index contributed by atoms with van der Waals surface area (Å²) in [6.07, 6.45) is 13.9. The topological polar surface area (TPSA) is 12.4 Å². The van der Waals surface area contributed by atoms with Gasteiger partial charge in [0.2, 0.25) is 0 Å². The van der Waals surface area contributed by atoms with Gasteiger partial charge >= 0.3 is 151 Å². The minimum absolute atomic E-state index is 0.766. The van der Waals surface area contributed by atoms with Crippen molar-refractivity contribution in [1.82, 2.24) is 0 Å². The van der Waals surface area contributed by atoms with E-state index in [1.54, 1.807) is 19.0 Å². The monoisotopic (exact) mass is 429 g/mol. The number of aliphatic imine (C=N–C) groups is 1. The fraction of sp³-hybridized carbons (Fsp3) is 0.952. The molecule has 1 rings (SSSR count). The second-order valence-corrected chi connectivity index (χ2v) is 22.0. The molecule has 0 N–H and O–H groups in total. The summed E-state index contributed by atoms with van der Waals surface area (Å²) >= 11 is -2.21. The Hall–Kier alpha value is 0.469. The van der Waals surface area contributed by atoms with Gasteiger partial charge in [0, 0.05) is 0 Å². The Kier molecular flexibility index (Phi) is 11.2. The van der Waals surface area contributed by atoms with E-state index in [-0.39, 0.29) is 0 Å². The molecule has 0 aromatic heterocycles. The number of rotatable bonds is 12. The zero-order valence-corrected chi connectivity index (χ0v) is 19.6. The molecule has 1 saturated carbocycles. The zero-order chi connectivity index (χ0) is 17.1. The van der Waals surface area contributed by atoms with E-state index in [1.807, 2.05) is 0 Å². The second-order valence-electron chi connectivity index (χ2n) is 8.26. The SMILES string of the molecule is CCC[CH2][Sn]([CH2]CCC)([CH2]CCC)[CH](N=C1CCCC1)C(C)C. The first kappa shape index (κ1) is 21.5. The molecular weight excluding hydrogens is 385 g/mol. The molecule has 1 aliphatic rings. The van der Waals surface area contributed by atoms with Crippen molar-refractivity contribution in [3.05, 3.63) is 0 Å². The second kappa shape index (κ2) is 11.9. The van der Waals surface area contributed by atoms with Crippen LogP contribution in [-0.4, -0.2) is 28.1 Å². The average Bonchev–Trinajstić information content (AvgIpc) is 3.05. The Labute approximate surface area is 151 Å². The summed E-state index contributed by atoms with van der Waals surface area (Å²) in [5, 5.41) is 0. The molecule has 1 fully saturated rings. The van der Waals surface area contributed by atoms with Crippen LogP contribution in [0.3, 0.4) is 0 Å². The first-order valence-electron chi connectivity index (χ1n) is 10.6. The molecular formula is C21H43NSn. The third kappa shape index (κ3) is 7.08. The molecule has 1 atom stereocenters. The molecule has 0 radical (unpaired) electrons. The Morgan fingerprint density at radius 2 is 1.26 bits per heavy atom. The van der Waals surface area contributed by atoms with Crippen molar-refractivity contribution in [2.45, 2.75) is 116 Å². The van der Waals surface area contributed by atoms with E-state index in [9.17, 15) is 0 Å². The molecule has 1 unspecified atom stereocenters. The molecule has 1 aliphatic carbocycles. The van der Waals surface area contributed by atoms with Gasteiger partial charge in [-0.05, 0) is 0 Å². The Morgan fingerprint density at radius 3 is 1.61 bits per heavy atom. The minimum atomic E-state index is -2.21. The normalized spacial score (nSPS) is 17.0. The van der Waals surface area contributed by atoms with Gasteiger partial charge in [-0.1, -0.05) is 0 Å². The quantitative estimate of drug-likeness (QED) is 0.287. The predicted octanol–water partition coefficient (Wildman–Crippen LogP) is 7.41. The molecule has 0 bridgehead atoms. The van der Waals surface area contributed by atoms with Gasteiger partial charge in [-0.2, -0.15) is 0 Å². The first-order valence-corrected chi connectivity index (χ1v) is 18.3. The number of unbranched alkanes of at least 4 members (excludes halogenated alkanes) is 3. The standard InChI is InChI=1S/C9H16N.3C4H9.Sn/c1-8(2)7-10-9-5-3-4-6-9;3*1-3-4-2;/h7-8H,3-6H2,1-2H3;3*1,3-4H2,2H3;. The Morgan fingerprint density at radius 1 is 0.826 bits per heavy atom. The third-order valence-electron chi connectivity index (χ3n) is 5.85. The molecule has 0 amide bonds. The van der Waals surface area contributed by atoms with Gasteiger partial charge in [-0.3, -0.25) is 0 Å². The van der Waals surface area contributed by atoms with Crippen LogP contribution in [0.25, 0.3) is 0 Å². The van der Waals surface area contributed by atoms with Gasteiger partial charge in [0.1, 0.15) is 0 Å². The van der Waals surface area contributed by atoms with Crippen LogP contribution in [0.15, 0.2) is 4.99 Å². The van der Waals surface area contributed by atoms with E-state index >= 15 is 0 Å². The summed E-state index contributed by atoms with van der Waals surface area (Å²) in [6, 6.07) is 0.